The number of hydrogen-bond acceptors (Lipinski definition) is 7. The van der Waals surface area contributed by atoms with E-state index in [9.17, 15) is 14.8 Å². The van der Waals surface area contributed by atoms with E-state index in [2.05, 4.69) is 0 Å². The van der Waals surface area contributed by atoms with Crippen LogP contribution >= 0.6 is 0 Å². The monoisotopic (exact) mass is 355 g/mol. The lowest BCUT2D eigenvalue weighted by atomic mass is 10.1. The van der Waals surface area contributed by atoms with Crippen LogP contribution in [0.4, 0.5) is 10.5 Å². The van der Waals surface area contributed by atoms with Crippen LogP contribution < -0.4 is 14.7 Å². The molecule has 0 atom stereocenters. The third-order valence-corrected chi connectivity index (χ3v) is 3.60. The molecule has 0 bridgehead atoms. The van der Waals surface area contributed by atoms with Gasteiger partial charge in [-0.25, -0.2) is 4.79 Å². The number of nitrogens with zero attached hydrogens (tertiary/aromatic N) is 2. The summed E-state index contributed by atoms with van der Waals surface area (Å²) in [5.41, 5.74) is 0.873. The quantitative estimate of drug-likeness (QED) is 0.667. The highest BCUT2D eigenvalue weighted by Gasteiger charge is 2.28. The summed E-state index contributed by atoms with van der Waals surface area (Å²) in [7, 11) is 3.11. The van der Waals surface area contributed by atoms with Gasteiger partial charge in [0.25, 0.3) is 0 Å². The number of benzene rings is 2. The fraction of sp³-hybridized carbons (Fsp3) is 0.111. The highest BCUT2D eigenvalue weighted by atomic mass is 16.8. The molecule has 1 heterocycles. The zero-order valence-electron chi connectivity index (χ0n) is 14.0. The van der Waals surface area contributed by atoms with Crippen molar-refractivity contribution in [2.45, 2.75) is 0 Å². The predicted octanol–water partition coefficient (Wildman–Crippen LogP) is 3.06. The van der Waals surface area contributed by atoms with Gasteiger partial charge in [-0.3, -0.25) is 10.0 Å². The van der Waals surface area contributed by atoms with Crippen molar-refractivity contribution in [2.75, 3.05) is 19.3 Å². The van der Waals surface area contributed by atoms with Crippen molar-refractivity contribution in [3.63, 3.8) is 0 Å². The number of ketones is 1. The molecule has 0 saturated heterocycles. The molecule has 3 rings (SSSR count). The second-order valence-corrected chi connectivity index (χ2v) is 5.73. The first-order valence-corrected chi connectivity index (χ1v) is 7.59. The summed E-state index contributed by atoms with van der Waals surface area (Å²) in [6, 6.07) is 10.5. The lowest BCUT2D eigenvalue weighted by Gasteiger charge is -2.21. The fourth-order valence-electron chi connectivity index (χ4n) is 2.31. The van der Waals surface area contributed by atoms with Crippen LogP contribution in [0.25, 0.3) is 6.08 Å². The predicted molar refractivity (Wildman–Crippen MR) is 93.2 cm³/mol. The smallest absolute Gasteiger partial charge is 0.414 e. The van der Waals surface area contributed by atoms with Gasteiger partial charge in [-0.1, -0.05) is 12.1 Å². The summed E-state index contributed by atoms with van der Waals surface area (Å²) in [6.45, 7) is 0. The molecule has 1 aliphatic heterocycles. The minimum atomic E-state index is -0.548. The van der Waals surface area contributed by atoms with E-state index in [1.54, 1.807) is 26.2 Å². The third-order valence-electron chi connectivity index (χ3n) is 3.60. The van der Waals surface area contributed by atoms with Crippen LogP contribution in [0.3, 0.4) is 0 Å². The Bertz CT molecular complexity index is 904. The van der Waals surface area contributed by atoms with Crippen LogP contribution in [0.15, 0.2) is 48.2 Å². The Kier molecular flexibility index (Phi) is 4.61. The van der Waals surface area contributed by atoms with Gasteiger partial charge in [-0.05, 0) is 35.9 Å². The summed E-state index contributed by atoms with van der Waals surface area (Å²) in [5.74, 6) is 0.248. The van der Waals surface area contributed by atoms with Crippen molar-refractivity contribution in [3.05, 3.63) is 64.6 Å². The molecule has 1 aliphatic rings. The molecule has 134 valence electrons. The molecule has 2 aromatic carbocycles. The SMILES string of the molecule is CN(C)C(=O)Oc1ccc2c(c1)OC(=Cc1cccc(N([O-])O)c1)C2=O. The molecule has 8 nitrogen and oxygen atoms in total. The molecule has 26 heavy (non-hydrogen) atoms. The molecule has 0 saturated carbocycles. The van der Waals surface area contributed by atoms with Crippen molar-refractivity contribution in [3.8, 4) is 11.5 Å². The van der Waals surface area contributed by atoms with Gasteiger partial charge in [0, 0.05) is 20.2 Å². The van der Waals surface area contributed by atoms with E-state index in [1.165, 1.54) is 41.3 Å². The molecule has 0 unspecified atom stereocenters. The van der Waals surface area contributed by atoms with Gasteiger partial charge in [0.15, 0.2) is 5.76 Å². The average Bonchev–Trinajstić information content (AvgIpc) is 2.90. The van der Waals surface area contributed by atoms with E-state index in [-0.39, 0.29) is 34.0 Å². The maximum atomic E-state index is 12.4. The Balaban J connectivity index is 1.85. The molecular formula is C18H15N2O6-. The first-order valence-electron chi connectivity index (χ1n) is 7.59. The molecule has 1 N–H and O–H groups in total. The van der Waals surface area contributed by atoms with Crippen molar-refractivity contribution < 1.29 is 24.3 Å². The number of anilines is 1. The van der Waals surface area contributed by atoms with Crippen molar-refractivity contribution in [1.82, 2.24) is 4.90 Å². The van der Waals surface area contributed by atoms with E-state index >= 15 is 0 Å². The van der Waals surface area contributed by atoms with Gasteiger partial charge >= 0.3 is 6.09 Å². The van der Waals surface area contributed by atoms with Gasteiger partial charge in [0.2, 0.25) is 5.78 Å². The van der Waals surface area contributed by atoms with Gasteiger partial charge in [0.1, 0.15) is 11.5 Å². The van der Waals surface area contributed by atoms with Crippen molar-refractivity contribution in [2.24, 2.45) is 0 Å². The lowest BCUT2D eigenvalue weighted by molar-refractivity contribution is 0.101. The van der Waals surface area contributed by atoms with Crippen LogP contribution in [0, 0.1) is 5.21 Å². The first-order chi connectivity index (χ1) is 12.3. The second kappa shape index (κ2) is 6.87. The molecule has 8 heteroatoms. The average molecular weight is 355 g/mol. The number of carbonyl (C=O) groups excluding carboxylic acids is 2. The van der Waals surface area contributed by atoms with Crippen LogP contribution in [0.5, 0.6) is 11.5 Å². The van der Waals surface area contributed by atoms with Gasteiger partial charge in [0.05, 0.1) is 11.3 Å². The largest absolute Gasteiger partial charge is 0.733 e. The maximum absolute atomic E-state index is 12.4. The number of ether oxygens (including phenoxy) is 2. The Labute approximate surface area is 149 Å². The molecule has 0 radical (unpaired) electrons. The minimum absolute atomic E-state index is 0.0280. The van der Waals surface area contributed by atoms with Crippen LogP contribution in [-0.4, -0.2) is 36.1 Å². The summed E-state index contributed by atoms with van der Waals surface area (Å²) < 4.78 is 10.7. The van der Waals surface area contributed by atoms with Crippen LogP contribution in [-0.2, 0) is 0 Å². The van der Waals surface area contributed by atoms with Gasteiger partial charge < -0.3 is 24.8 Å². The number of carbonyl (C=O) groups is 2. The summed E-state index contributed by atoms with van der Waals surface area (Å²) in [4.78, 5) is 25.3. The highest BCUT2D eigenvalue weighted by Crippen LogP contribution is 2.35. The van der Waals surface area contributed by atoms with E-state index < -0.39 is 6.09 Å². The summed E-state index contributed by atoms with van der Waals surface area (Å²) >= 11 is 0. The number of rotatable bonds is 3. The zero-order chi connectivity index (χ0) is 18.8. The van der Waals surface area contributed by atoms with Gasteiger partial charge in [-0.2, -0.15) is 0 Å². The van der Waals surface area contributed by atoms with Crippen LogP contribution in [0.1, 0.15) is 15.9 Å². The third kappa shape index (κ3) is 3.51. The van der Waals surface area contributed by atoms with Gasteiger partial charge in [-0.15, -0.1) is 0 Å². The summed E-state index contributed by atoms with van der Waals surface area (Å²) in [5, 5.41) is 19.7. The van der Waals surface area contributed by atoms with E-state index in [1.807, 2.05) is 0 Å². The van der Waals surface area contributed by atoms with E-state index in [0.717, 1.165) is 0 Å². The van der Waals surface area contributed by atoms with E-state index in [0.29, 0.717) is 11.1 Å². The molecule has 2 aromatic rings. The number of amides is 1. The normalized spacial score (nSPS) is 14.0. The zero-order valence-corrected chi connectivity index (χ0v) is 14.0. The first kappa shape index (κ1) is 17.5. The Hall–Kier alpha value is -3.36. The molecule has 0 spiro atoms. The Morgan fingerprint density at radius 1 is 1.23 bits per heavy atom. The Morgan fingerprint density at radius 2 is 2.00 bits per heavy atom. The van der Waals surface area contributed by atoms with E-state index in [4.69, 9.17) is 14.7 Å². The molecule has 0 aromatic heterocycles. The van der Waals surface area contributed by atoms with Crippen molar-refractivity contribution >= 4 is 23.6 Å². The molecule has 0 fully saturated rings. The number of allylic oxidation sites excluding steroid dienone is 1. The second-order valence-electron chi connectivity index (χ2n) is 5.73. The molecule has 1 amide bonds. The molecular weight excluding hydrogens is 340 g/mol. The van der Waals surface area contributed by atoms with Crippen molar-refractivity contribution in [1.29, 1.82) is 0 Å². The standard InChI is InChI=1S/C18H15N2O6/c1-19(2)18(22)25-13-6-7-14-15(10-13)26-16(17(14)21)9-11-4-3-5-12(8-11)20(23)24/h3-10,23H,1-2H3/q-1. The number of Topliss-reactive ketones (excluding diaryl/α,β-unsaturated/α-hetero) is 1. The summed E-state index contributed by atoms with van der Waals surface area (Å²) in [6.07, 6.45) is 0.911. The highest BCUT2D eigenvalue weighted by molar-refractivity contribution is 6.14. The number of fused-ring (bicyclic) bond motifs is 1. The number of hydrogen-bond donors (Lipinski definition) is 1. The maximum Gasteiger partial charge on any atom is 0.414 e. The minimum Gasteiger partial charge on any atom is -0.733 e. The van der Waals surface area contributed by atoms with Crippen LogP contribution in [0.2, 0.25) is 0 Å². The topological polar surface area (TPSA) is 102 Å². The lowest BCUT2D eigenvalue weighted by Crippen LogP contribution is -2.25. The molecule has 0 aliphatic carbocycles. The Morgan fingerprint density at radius 3 is 2.69 bits per heavy atom. The fourth-order valence-corrected chi connectivity index (χ4v) is 2.31.